The molecule has 0 spiro atoms. The van der Waals surface area contributed by atoms with Gasteiger partial charge in [-0.15, -0.1) is 0 Å². The fourth-order valence-electron chi connectivity index (χ4n) is 2.91. The number of rotatable bonds is 5. The van der Waals surface area contributed by atoms with Gasteiger partial charge in [-0.1, -0.05) is 44.2 Å². The number of amides is 1. The van der Waals surface area contributed by atoms with E-state index in [0.29, 0.717) is 11.4 Å². The first-order valence-corrected chi connectivity index (χ1v) is 9.56. The molecule has 1 unspecified atom stereocenters. The van der Waals surface area contributed by atoms with Gasteiger partial charge >= 0.3 is 6.18 Å². The number of aromatic nitrogens is 2. The summed E-state index contributed by atoms with van der Waals surface area (Å²) in [6.07, 6.45) is -3.21. The Labute approximate surface area is 164 Å². The van der Waals surface area contributed by atoms with Gasteiger partial charge in [-0.2, -0.15) is 13.2 Å². The Kier molecular flexibility index (Phi) is 5.64. The van der Waals surface area contributed by atoms with Crippen molar-refractivity contribution < 1.29 is 18.0 Å². The monoisotopic (exact) mass is 408 g/mol. The smallest absolute Gasteiger partial charge is 0.365 e. The molecule has 0 fully saturated rings. The van der Waals surface area contributed by atoms with Crippen molar-refractivity contribution in [3.05, 3.63) is 52.6 Å². The lowest BCUT2D eigenvalue weighted by Crippen LogP contribution is -2.20. The number of carbonyl (C=O) groups is 1. The zero-order valence-corrected chi connectivity index (χ0v) is 16.1. The number of nitrogens with zero attached hydrogens (tertiary/aromatic N) is 2. The highest BCUT2D eigenvalue weighted by Crippen LogP contribution is 2.43. The summed E-state index contributed by atoms with van der Waals surface area (Å²) in [5.41, 5.74) is 5.25. The van der Waals surface area contributed by atoms with E-state index in [0.717, 1.165) is 23.1 Å². The Balaban J connectivity index is 2.15. The second-order valence-electron chi connectivity index (χ2n) is 6.48. The third-order valence-electron chi connectivity index (χ3n) is 4.31. The molecule has 2 aromatic rings. The molecule has 0 saturated heterocycles. The molecular weight excluding hydrogens is 389 g/mol. The van der Waals surface area contributed by atoms with Crippen LogP contribution in [0, 0.1) is 0 Å². The van der Waals surface area contributed by atoms with Gasteiger partial charge in [0.1, 0.15) is 11.3 Å². The number of nitrogens with one attached hydrogen (secondary N) is 1. The van der Waals surface area contributed by atoms with Crippen LogP contribution in [0.5, 0.6) is 0 Å². The van der Waals surface area contributed by atoms with E-state index < -0.39 is 17.8 Å². The molecule has 5 nitrogen and oxygen atoms in total. The number of hydrogen-bond donors (Lipinski definition) is 2. The summed E-state index contributed by atoms with van der Waals surface area (Å²) in [6, 6.07) is 8.21. The third kappa shape index (κ3) is 4.14. The summed E-state index contributed by atoms with van der Waals surface area (Å²) in [7, 11) is 0. The molecule has 1 aromatic heterocycles. The average molecular weight is 408 g/mol. The largest absolute Gasteiger partial charge is 0.433 e. The van der Waals surface area contributed by atoms with Crippen LogP contribution in [0.2, 0.25) is 0 Å². The Morgan fingerprint density at radius 2 is 2.00 bits per heavy atom. The number of alkyl halides is 3. The molecule has 2 heterocycles. The van der Waals surface area contributed by atoms with Gasteiger partial charge in [-0.3, -0.25) is 4.79 Å². The maximum absolute atomic E-state index is 13.4. The van der Waals surface area contributed by atoms with Crippen molar-refractivity contribution >= 4 is 28.9 Å². The molecule has 1 atom stereocenters. The zero-order chi connectivity index (χ0) is 20.5. The van der Waals surface area contributed by atoms with Crippen LogP contribution in [0.25, 0.3) is 5.57 Å². The van der Waals surface area contributed by atoms with Crippen molar-refractivity contribution in [2.24, 2.45) is 5.73 Å². The van der Waals surface area contributed by atoms with Crippen LogP contribution in [-0.4, -0.2) is 15.9 Å². The Bertz CT molecular complexity index is 916. The summed E-state index contributed by atoms with van der Waals surface area (Å²) in [6.45, 7) is 3.74. The van der Waals surface area contributed by atoms with E-state index in [-0.39, 0.29) is 23.0 Å². The van der Waals surface area contributed by atoms with E-state index in [2.05, 4.69) is 15.3 Å². The van der Waals surface area contributed by atoms with Gasteiger partial charge < -0.3 is 11.1 Å². The highest BCUT2D eigenvalue weighted by atomic mass is 32.2. The molecule has 1 aliphatic heterocycles. The summed E-state index contributed by atoms with van der Waals surface area (Å²) < 4.78 is 40.2. The Morgan fingerprint density at radius 3 is 2.61 bits per heavy atom. The lowest BCUT2D eigenvalue weighted by atomic mass is 10.0. The molecule has 0 radical (unpaired) electrons. The van der Waals surface area contributed by atoms with Gasteiger partial charge in [0.2, 0.25) is 0 Å². The van der Waals surface area contributed by atoms with Crippen molar-refractivity contribution in [1.29, 1.82) is 0 Å². The van der Waals surface area contributed by atoms with Crippen LogP contribution in [0.1, 0.15) is 49.8 Å². The molecule has 1 amide bonds. The van der Waals surface area contributed by atoms with Crippen LogP contribution in [0.4, 0.5) is 18.9 Å². The van der Waals surface area contributed by atoms with Crippen LogP contribution in [-0.2, 0) is 11.0 Å². The standard InChI is InChI=1S/C19H19F3N4OS/c1-3-6-10(2)12-9-14(19(20,21)22)26-17(24-12)15(16(23)27)18-25-11-7-4-5-8-13(11)28-18/h4-5,7-10,25H,3,6H2,1-2H3,(H2,23,27)/b18-15-. The quantitative estimate of drug-likeness (QED) is 0.697. The number of hydrogen-bond acceptors (Lipinski definition) is 5. The summed E-state index contributed by atoms with van der Waals surface area (Å²) >= 11 is 1.21. The number of primary amides is 1. The van der Waals surface area contributed by atoms with E-state index in [1.54, 1.807) is 13.0 Å². The fraction of sp³-hybridized carbons (Fsp3) is 0.316. The number of para-hydroxylation sites is 1. The SMILES string of the molecule is CCCC(C)c1cc(C(F)(F)F)nc(/C(C(N)=O)=C2/Nc3ccccc3S2)n1. The number of halogens is 3. The minimum absolute atomic E-state index is 0.155. The van der Waals surface area contributed by atoms with E-state index in [4.69, 9.17) is 5.73 Å². The van der Waals surface area contributed by atoms with Gasteiger partial charge in [0, 0.05) is 10.6 Å². The molecule has 3 rings (SSSR count). The third-order valence-corrected chi connectivity index (χ3v) is 5.39. The van der Waals surface area contributed by atoms with Crippen molar-refractivity contribution in [2.45, 2.75) is 43.7 Å². The number of nitrogens with two attached hydrogens (primary N) is 1. The van der Waals surface area contributed by atoms with Crippen LogP contribution in [0.3, 0.4) is 0 Å². The molecule has 9 heteroatoms. The highest BCUT2D eigenvalue weighted by Gasteiger charge is 2.35. The lowest BCUT2D eigenvalue weighted by Gasteiger charge is -2.15. The first-order valence-electron chi connectivity index (χ1n) is 8.75. The summed E-state index contributed by atoms with van der Waals surface area (Å²) in [5, 5.41) is 3.35. The van der Waals surface area contributed by atoms with Gasteiger partial charge in [0.25, 0.3) is 5.91 Å². The van der Waals surface area contributed by atoms with Gasteiger partial charge in [0.05, 0.1) is 10.7 Å². The number of anilines is 1. The van der Waals surface area contributed by atoms with Crippen LogP contribution < -0.4 is 11.1 Å². The summed E-state index contributed by atoms with van der Waals surface area (Å²) in [5.74, 6) is -1.42. The Morgan fingerprint density at radius 1 is 1.29 bits per heavy atom. The van der Waals surface area contributed by atoms with Crippen molar-refractivity contribution in [1.82, 2.24) is 9.97 Å². The van der Waals surface area contributed by atoms with E-state index in [9.17, 15) is 18.0 Å². The minimum atomic E-state index is -4.66. The Hall–Kier alpha value is -2.55. The maximum Gasteiger partial charge on any atom is 0.433 e. The lowest BCUT2D eigenvalue weighted by molar-refractivity contribution is -0.141. The molecular formula is C19H19F3N4OS. The first kappa shape index (κ1) is 20.2. The van der Waals surface area contributed by atoms with Crippen molar-refractivity contribution in [2.75, 3.05) is 5.32 Å². The minimum Gasteiger partial charge on any atom is -0.365 e. The molecule has 1 aliphatic rings. The van der Waals surface area contributed by atoms with Gasteiger partial charge in [-0.25, -0.2) is 9.97 Å². The zero-order valence-electron chi connectivity index (χ0n) is 15.3. The molecule has 0 aliphatic carbocycles. The number of benzene rings is 1. The highest BCUT2D eigenvalue weighted by molar-refractivity contribution is 8.04. The van der Waals surface area contributed by atoms with E-state index in [1.807, 2.05) is 25.1 Å². The number of carbonyl (C=O) groups excluding carboxylic acids is 1. The predicted molar refractivity (Wildman–Crippen MR) is 102 cm³/mol. The molecule has 0 bridgehead atoms. The van der Waals surface area contributed by atoms with E-state index in [1.165, 1.54) is 11.8 Å². The number of fused-ring (bicyclic) bond motifs is 1. The second-order valence-corrected chi connectivity index (χ2v) is 7.53. The molecule has 28 heavy (non-hydrogen) atoms. The molecule has 1 aromatic carbocycles. The van der Waals surface area contributed by atoms with Crippen molar-refractivity contribution in [3.8, 4) is 0 Å². The van der Waals surface area contributed by atoms with Crippen LogP contribution in [0.15, 0.2) is 40.3 Å². The molecule has 3 N–H and O–H groups in total. The maximum atomic E-state index is 13.4. The molecule has 0 saturated carbocycles. The second kappa shape index (κ2) is 7.83. The van der Waals surface area contributed by atoms with Gasteiger partial charge in [0.15, 0.2) is 5.82 Å². The fourth-order valence-corrected chi connectivity index (χ4v) is 3.96. The normalized spacial score (nSPS) is 16.3. The molecule has 148 valence electrons. The van der Waals surface area contributed by atoms with Crippen molar-refractivity contribution in [3.63, 3.8) is 0 Å². The van der Waals surface area contributed by atoms with E-state index >= 15 is 0 Å². The predicted octanol–water partition coefficient (Wildman–Crippen LogP) is 4.77. The van der Waals surface area contributed by atoms with Crippen LogP contribution >= 0.6 is 11.8 Å². The topological polar surface area (TPSA) is 80.9 Å². The first-order chi connectivity index (χ1) is 13.2. The summed E-state index contributed by atoms with van der Waals surface area (Å²) in [4.78, 5) is 20.9. The number of thioether (sulfide) groups is 1. The van der Waals surface area contributed by atoms with Gasteiger partial charge in [-0.05, 0) is 30.5 Å². The average Bonchev–Trinajstić information content (AvgIpc) is 3.04.